The number of rotatable bonds is 5. The summed E-state index contributed by atoms with van der Waals surface area (Å²) in [4.78, 5) is 2.50. The predicted molar refractivity (Wildman–Crippen MR) is 91.8 cm³/mol. The molecule has 6 nitrogen and oxygen atoms in total. The maximum atomic E-state index is 4.42. The summed E-state index contributed by atoms with van der Waals surface area (Å²) in [5, 5.41) is 13.0. The summed E-state index contributed by atoms with van der Waals surface area (Å²) in [6, 6.07) is 10.6. The smallest absolute Gasteiger partial charge is 0.0971 e. The first-order chi connectivity index (χ1) is 11.8. The molecule has 4 rings (SSSR count). The maximum Gasteiger partial charge on any atom is 0.0971 e. The van der Waals surface area contributed by atoms with Gasteiger partial charge in [-0.05, 0) is 44.0 Å². The quantitative estimate of drug-likeness (QED) is 0.724. The van der Waals surface area contributed by atoms with E-state index in [1.807, 2.05) is 47.4 Å². The number of hydrogen-bond acceptors (Lipinski definition) is 4. The summed E-state index contributed by atoms with van der Waals surface area (Å²) in [5.41, 5.74) is 3.27. The second-order valence-electron chi connectivity index (χ2n) is 6.50. The van der Waals surface area contributed by atoms with Crippen LogP contribution in [0.25, 0.3) is 5.69 Å². The minimum atomic E-state index is 0.520. The molecule has 1 saturated heterocycles. The van der Waals surface area contributed by atoms with E-state index in [-0.39, 0.29) is 0 Å². The highest BCUT2D eigenvalue weighted by molar-refractivity contribution is 5.29. The molecule has 1 aliphatic heterocycles. The minimum Gasteiger partial charge on any atom is -0.293 e. The summed E-state index contributed by atoms with van der Waals surface area (Å²) in [7, 11) is 0. The van der Waals surface area contributed by atoms with Gasteiger partial charge >= 0.3 is 0 Å². The zero-order valence-electron chi connectivity index (χ0n) is 13.9. The minimum absolute atomic E-state index is 0.520. The Morgan fingerprint density at radius 2 is 2.04 bits per heavy atom. The van der Waals surface area contributed by atoms with Gasteiger partial charge in [0.25, 0.3) is 0 Å². The lowest BCUT2D eigenvalue weighted by Gasteiger charge is -2.23. The van der Waals surface area contributed by atoms with Gasteiger partial charge in [-0.1, -0.05) is 23.4 Å². The van der Waals surface area contributed by atoms with Crippen LogP contribution in [0.3, 0.4) is 0 Å². The third kappa shape index (κ3) is 3.23. The Morgan fingerprint density at radius 3 is 2.83 bits per heavy atom. The van der Waals surface area contributed by atoms with Crippen LogP contribution in [-0.4, -0.2) is 42.3 Å². The summed E-state index contributed by atoms with van der Waals surface area (Å²) in [6.45, 7) is 4.99. The summed E-state index contributed by atoms with van der Waals surface area (Å²) in [5.74, 6) is 0. The Labute approximate surface area is 141 Å². The Morgan fingerprint density at radius 1 is 1.17 bits per heavy atom. The number of nitrogens with zero attached hydrogens (tertiary/aromatic N) is 6. The van der Waals surface area contributed by atoms with E-state index in [0.717, 1.165) is 31.0 Å². The zero-order chi connectivity index (χ0) is 16.4. The number of aromatic nitrogens is 5. The molecule has 0 unspecified atom stereocenters. The van der Waals surface area contributed by atoms with E-state index in [1.54, 1.807) is 0 Å². The number of benzene rings is 1. The van der Waals surface area contributed by atoms with Crippen molar-refractivity contribution in [2.45, 2.75) is 38.9 Å². The average molecular weight is 322 g/mol. The molecule has 124 valence electrons. The molecule has 2 aromatic heterocycles. The molecule has 3 heterocycles. The third-order valence-electron chi connectivity index (χ3n) is 4.59. The topological polar surface area (TPSA) is 51.8 Å². The van der Waals surface area contributed by atoms with Crippen LogP contribution in [-0.2, 0) is 13.1 Å². The molecule has 3 aromatic rings. The second kappa shape index (κ2) is 6.57. The van der Waals surface area contributed by atoms with E-state index in [4.69, 9.17) is 0 Å². The van der Waals surface area contributed by atoms with Crippen molar-refractivity contribution in [2.24, 2.45) is 0 Å². The Balaban J connectivity index is 1.43. The van der Waals surface area contributed by atoms with Crippen molar-refractivity contribution in [1.29, 1.82) is 0 Å². The van der Waals surface area contributed by atoms with Crippen LogP contribution in [0.15, 0.2) is 48.9 Å². The highest BCUT2D eigenvalue weighted by Gasteiger charge is 2.25. The van der Waals surface area contributed by atoms with Crippen LogP contribution < -0.4 is 0 Å². The van der Waals surface area contributed by atoms with Crippen molar-refractivity contribution in [2.75, 3.05) is 6.54 Å². The van der Waals surface area contributed by atoms with Gasteiger partial charge in [-0.25, -0.2) is 4.68 Å². The zero-order valence-corrected chi connectivity index (χ0v) is 13.9. The van der Waals surface area contributed by atoms with Crippen molar-refractivity contribution < 1.29 is 0 Å². The highest BCUT2D eigenvalue weighted by Crippen LogP contribution is 2.21. The van der Waals surface area contributed by atoms with Crippen LogP contribution in [0.1, 0.15) is 24.1 Å². The van der Waals surface area contributed by atoms with Crippen LogP contribution in [0.4, 0.5) is 0 Å². The first kappa shape index (κ1) is 15.1. The van der Waals surface area contributed by atoms with Gasteiger partial charge < -0.3 is 0 Å². The molecule has 1 fully saturated rings. The number of aryl methyl sites for hydroxylation is 1. The molecule has 0 amide bonds. The Kier molecular flexibility index (Phi) is 4.13. The predicted octanol–water partition coefficient (Wildman–Crippen LogP) is 2.44. The molecule has 0 spiro atoms. The van der Waals surface area contributed by atoms with E-state index in [9.17, 15) is 0 Å². The largest absolute Gasteiger partial charge is 0.293 e. The molecule has 1 aromatic carbocycles. The van der Waals surface area contributed by atoms with E-state index in [1.165, 1.54) is 18.4 Å². The van der Waals surface area contributed by atoms with Gasteiger partial charge in [0.05, 0.1) is 30.3 Å². The lowest BCUT2D eigenvalue weighted by Crippen LogP contribution is -2.32. The molecular weight excluding hydrogens is 300 g/mol. The molecule has 0 radical (unpaired) electrons. The average Bonchev–Trinajstić information content (AvgIpc) is 3.32. The molecule has 24 heavy (non-hydrogen) atoms. The fraction of sp³-hybridized carbons (Fsp3) is 0.389. The number of para-hydroxylation sites is 1. The molecule has 1 aliphatic rings. The fourth-order valence-corrected chi connectivity index (χ4v) is 3.38. The third-order valence-corrected chi connectivity index (χ3v) is 4.59. The molecule has 1 atom stereocenters. The second-order valence-corrected chi connectivity index (χ2v) is 6.50. The van der Waals surface area contributed by atoms with Gasteiger partial charge in [-0.15, -0.1) is 5.10 Å². The molecule has 0 aliphatic carbocycles. The van der Waals surface area contributed by atoms with Crippen molar-refractivity contribution in [3.8, 4) is 5.69 Å². The molecular formula is C18H22N6. The monoisotopic (exact) mass is 322 g/mol. The number of hydrogen-bond donors (Lipinski definition) is 0. The molecule has 0 saturated carbocycles. The van der Waals surface area contributed by atoms with Crippen LogP contribution >= 0.6 is 0 Å². The summed E-state index contributed by atoms with van der Waals surface area (Å²) < 4.78 is 3.90. The lowest BCUT2D eigenvalue weighted by atomic mass is 10.2. The van der Waals surface area contributed by atoms with Crippen LogP contribution in [0.2, 0.25) is 0 Å². The summed E-state index contributed by atoms with van der Waals surface area (Å²) >= 11 is 0. The first-order valence-electron chi connectivity index (χ1n) is 8.48. The van der Waals surface area contributed by atoms with E-state index in [0.29, 0.717) is 6.04 Å². The first-order valence-corrected chi connectivity index (χ1v) is 8.48. The molecule has 0 N–H and O–H groups in total. The van der Waals surface area contributed by atoms with E-state index < -0.39 is 0 Å². The van der Waals surface area contributed by atoms with Crippen LogP contribution in [0, 0.1) is 6.92 Å². The van der Waals surface area contributed by atoms with Gasteiger partial charge in [-0.2, -0.15) is 5.10 Å². The van der Waals surface area contributed by atoms with Gasteiger partial charge in [-0.3, -0.25) is 9.58 Å². The maximum absolute atomic E-state index is 4.42. The normalized spacial score (nSPS) is 18.3. The van der Waals surface area contributed by atoms with Crippen molar-refractivity contribution in [3.05, 3.63) is 60.2 Å². The Bertz CT molecular complexity index is 791. The lowest BCUT2D eigenvalue weighted by molar-refractivity contribution is 0.217. The fourth-order valence-electron chi connectivity index (χ4n) is 3.38. The van der Waals surface area contributed by atoms with Gasteiger partial charge in [0.15, 0.2) is 0 Å². The Hall–Kier alpha value is -2.47. The molecule has 0 bridgehead atoms. The summed E-state index contributed by atoms with van der Waals surface area (Å²) in [6.07, 6.45) is 8.51. The van der Waals surface area contributed by atoms with E-state index in [2.05, 4.69) is 38.1 Å². The van der Waals surface area contributed by atoms with Crippen LogP contribution in [0.5, 0.6) is 0 Å². The van der Waals surface area contributed by atoms with Crippen molar-refractivity contribution >= 4 is 0 Å². The van der Waals surface area contributed by atoms with Crippen molar-refractivity contribution in [1.82, 2.24) is 29.7 Å². The van der Waals surface area contributed by atoms with Crippen molar-refractivity contribution in [3.63, 3.8) is 0 Å². The molecule has 6 heteroatoms. The van der Waals surface area contributed by atoms with E-state index >= 15 is 0 Å². The van der Waals surface area contributed by atoms with Gasteiger partial charge in [0.1, 0.15) is 0 Å². The van der Waals surface area contributed by atoms with Gasteiger partial charge in [0.2, 0.25) is 0 Å². The highest BCUT2D eigenvalue weighted by atomic mass is 15.4. The standard InChI is InChI=1S/C18H22N6/c1-15-10-19-23(11-15)14-18-8-5-9-22(18)12-16-13-24(21-20-16)17-6-3-2-4-7-17/h2-4,6-7,10-11,13,18H,5,8-9,12,14H2,1H3/t18-/m0/s1. The van der Waals surface area contributed by atoms with Gasteiger partial charge in [0, 0.05) is 18.8 Å². The SMILES string of the molecule is Cc1cnn(C[C@@H]2CCCN2Cc2cn(-c3ccccc3)nn2)c1. The number of likely N-dealkylation sites (tertiary alicyclic amines) is 1.